The van der Waals surface area contributed by atoms with Crippen molar-refractivity contribution in [3.8, 4) is 0 Å². The van der Waals surface area contributed by atoms with Crippen molar-refractivity contribution in [1.82, 2.24) is 9.55 Å². The molecule has 0 saturated carbocycles. The van der Waals surface area contributed by atoms with E-state index in [1.54, 1.807) is 11.5 Å². The Balaban J connectivity index is 2.11. The fourth-order valence-electron chi connectivity index (χ4n) is 1.82. The molecule has 0 aliphatic carbocycles. The average Bonchev–Trinajstić information content (AvgIpc) is 2.79. The topological polar surface area (TPSA) is 44.1 Å². The van der Waals surface area contributed by atoms with Crippen molar-refractivity contribution < 1.29 is 9.53 Å². The molecule has 100 valence electrons. The molecule has 0 aliphatic rings. The van der Waals surface area contributed by atoms with E-state index >= 15 is 0 Å². The zero-order chi connectivity index (χ0) is 13.7. The van der Waals surface area contributed by atoms with Crippen molar-refractivity contribution in [3.63, 3.8) is 0 Å². The molecule has 1 aromatic heterocycles. The molecule has 0 saturated heterocycles. The van der Waals surface area contributed by atoms with Crippen LogP contribution >= 0.6 is 11.6 Å². The summed E-state index contributed by atoms with van der Waals surface area (Å²) in [6, 6.07) is 10.0. The van der Waals surface area contributed by atoms with Gasteiger partial charge in [-0.2, -0.15) is 0 Å². The van der Waals surface area contributed by atoms with Crippen molar-refractivity contribution in [1.29, 1.82) is 0 Å². The van der Waals surface area contributed by atoms with E-state index in [-0.39, 0.29) is 0 Å². The third kappa shape index (κ3) is 3.35. The Bertz CT molecular complexity index is 552. The normalized spacial score (nSPS) is 10.4. The number of hydrogen-bond acceptors (Lipinski definition) is 3. The quantitative estimate of drug-likeness (QED) is 0.790. The van der Waals surface area contributed by atoms with Crippen LogP contribution < -0.4 is 0 Å². The lowest BCUT2D eigenvalue weighted by Gasteiger charge is -2.08. The summed E-state index contributed by atoms with van der Waals surface area (Å²) in [5, 5.41) is 0.305. The first kappa shape index (κ1) is 13.6. The second kappa shape index (κ2) is 6.38. The molecule has 0 spiro atoms. The number of nitrogens with zero attached hydrogens (tertiary/aromatic N) is 2. The number of hydrogen-bond donors (Lipinski definition) is 0. The van der Waals surface area contributed by atoms with Crippen LogP contribution in [0.3, 0.4) is 0 Å². The van der Waals surface area contributed by atoms with E-state index < -0.39 is 5.97 Å². The summed E-state index contributed by atoms with van der Waals surface area (Å²) in [4.78, 5) is 15.7. The lowest BCUT2D eigenvalue weighted by atomic mass is 10.1. The average molecular weight is 279 g/mol. The van der Waals surface area contributed by atoms with Crippen LogP contribution in [0.4, 0.5) is 0 Å². The third-order valence-electron chi connectivity index (χ3n) is 2.76. The van der Waals surface area contributed by atoms with Crippen LogP contribution in [-0.4, -0.2) is 22.1 Å². The summed E-state index contributed by atoms with van der Waals surface area (Å²) in [6.45, 7) is 2.70. The van der Waals surface area contributed by atoms with Gasteiger partial charge in [0.25, 0.3) is 0 Å². The summed E-state index contributed by atoms with van der Waals surface area (Å²) in [5.74, 6) is -0.394. The fourth-order valence-corrected chi connectivity index (χ4v) is 2.04. The van der Waals surface area contributed by atoms with E-state index in [0.717, 1.165) is 6.42 Å². The Morgan fingerprint density at radius 3 is 2.79 bits per heavy atom. The van der Waals surface area contributed by atoms with E-state index in [0.29, 0.717) is 24.1 Å². The molecular formula is C14H15ClN2O2. The third-order valence-corrected chi connectivity index (χ3v) is 3.06. The highest BCUT2D eigenvalue weighted by Crippen LogP contribution is 2.14. The number of imidazole rings is 1. The smallest absolute Gasteiger partial charge is 0.356 e. The van der Waals surface area contributed by atoms with E-state index in [1.165, 1.54) is 11.8 Å². The molecule has 0 N–H and O–H groups in total. The maximum Gasteiger partial charge on any atom is 0.356 e. The first-order valence-corrected chi connectivity index (χ1v) is 6.52. The lowest BCUT2D eigenvalue weighted by Crippen LogP contribution is -2.13. The summed E-state index contributed by atoms with van der Waals surface area (Å²) in [6.07, 6.45) is 2.23. The zero-order valence-corrected chi connectivity index (χ0v) is 11.4. The highest BCUT2D eigenvalue weighted by Gasteiger charge is 2.16. The standard InChI is InChI=1S/C14H15ClN2O2/c1-2-19-13(18)12-10-16-14(15)17(12)9-8-11-6-4-3-5-7-11/h3-7,10H,2,8-9H2,1H3. The molecule has 4 nitrogen and oxygen atoms in total. The number of carbonyl (C=O) groups is 1. The van der Waals surface area contributed by atoms with Gasteiger partial charge in [0.2, 0.25) is 5.28 Å². The van der Waals surface area contributed by atoms with Crippen LogP contribution in [0.15, 0.2) is 36.5 Å². The van der Waals surface area contributed by atoms with Gasteiger partial charge in [-0.15, -0.1) is 0 Å². The van der Waals surface area contributed by atoms with Gasteiger partial charge < -0.3 is 9.30 Å². The number of carbonyl (C=O) groups excluding carboxylic acids is 1. The number of halogens is 1. The van der Waals surface area contributed by atoms with E-state index in [4.69, 9.17) is 16.3 Å². The molecule has 0 atom stereocenters. The maximum absolute atomic E-state index is 11.7. The molecule has 2 aromatic rings. The van der Waals surface area contributed by atoms with Crippen molar-refractivity contribution in [2.45, 2.75) is 19.9 Å². The first-order chi connectivity index (χ1) is 9.22. The second-order valence-electron chi connectivity index (χ2n) is 4.02. The highest BCUT2D eigenvalue weighted by molar-refractivity contribution is 6.28. The van der Waals surface area contributed by atoms with E-state index in [1.807, 2.05) is 30.3 Å². The van der Waals surface area contributed by atoms with Crippen LogP contribution in [0.5, 0.6) is 0 Å². The molecule has 0 unspecified atom stereocenters. The minimum Gasteiger partial charge on any atom is -0.461 e. The monoisotopic (exact) mass is 278 g/mol. The maximum atomic E-state index is 11.7. The Hall–Kier alpha value is -1.81. The molecular weight excluding hydrogens is 264 g/mol. The molecule has 0 aliphatic heterocycles. The zero-order valence-electron chi connectivity index (χ0n) is 10.7. The number of ether oxygens (including phenoxy) is 1. The Labute approximate surface area is 117 Å². The number of rotatable bonds is 5. The molecule has 0 amide bonds. The number of aromatic nitrogens is 2. The van der Waals surface area contributed by atoms with Crippen LogP contribution in [-0.2, 0) is 17.7 Å². The lowest BCUT2D eigenvalue weighted by molar-refractivity contribution is 0.0513. The van der Waals surface area contributed by atoms with Gasteiger partial charge in [-0.3, -0.25) is 0 Å². The van der Waals surface area contributed by atoms with Gasteiger partial charge in [0.15, 0.2) is 0 Å². The van der Waals surface area contributed by atoms with Gasteiger partial charge in [0, 0.05) is 6.54 Å². The predicted molar refractivity (Wildman–Crippen MR) is 73.3 cm³/mol. The summed E-state index contributed by atoms with van der Waals surface area (Å²) in [7, 11) is 0. The summed E-state index contributed by atoms with van der Waals surface area (Å²) >= 11 is 6.00. The van der Waals surface area contributed by atoms with Gasteiger partial charge in [-0.05, 0) is 30.5 Å². The molecule has 19 heavy (non-hydrogen) atoms. The van der Waals surface area contributed by atoms with Gasteiger partial charge in [-0.1, -0.05) is 30.3 Å². The minimum atomic E-state index is -0.394. The molecule has 0 bridgehead atoms. The first-order valence-electron chi connectivity index (χ1n) is 6.14. The van der Waals surface area contributed by atoms with Crippen LogP contribution in [0.2, 0.25) is 5.28 Å². The Morgan fingerprint density at radius 1 is 1.37 bits per heavy atom. The molecule has 2 rings (SSSR count). The molecule has 0 radical (unpaired) electrons. The molecule has 5 heteroatoms. The molecule has 1 aromatic carbocycles. The largest absolute Gasteiger partial charge is 0.461 e. The highest BCUT2D eigenvalue weighted by atomic mass is 35.5. The molecule has 1 heterocycles. The van der Waals surface area contributed by atoms with Crippen molar-refractivity contribution in [2.75, 3.05) is 6.61 Å². The van der Waals surface area contributed by atoms with Gasteiger partial charge in [0.1, 0.15) is 5.69 Å². The van der Waals surface area contributed by atoms with Crippen LogP contribution in [0.1, 0.15) is 23.0 Å². The van der Waals surface area contributed by atoms with Crippen molar-refractivity contribution >= 4 is 17.6 Å². The number of esters is 1. The van der Waals surface area contributed by atoms with Crippen molar-refractivity contribution in [2.24, 2.45) is 0 Å². The summed E-state index contributed by atoms with van der Waals surface area (Å²) in [5.41, 5.74) is 1.57. The fraction of sp³-hybridized carbons (Fsp3) is 0.286. The van der Waals surface area contributed by atoms with Crippen LogP contribution in [0, 0.1) is 0 Å². The van der Waals surface area contributed by atoms with E-state index in [9.17, 15) is 4.79 Å². The Morgan fingerprint density at radius 2 is 2.11 bits per heavy atom. The number of benzene rings is 1. The van der Waals surface area contributed by atoms with Crippen molar-refractivity contribution in [3.05, 3.63) is 53.1 Å². The van der Waals surface area contributed by atoms with Gasteiger partial charge >= 0.3 is 5.97 Å². The predicted octanol–water partition coefficient (Wildman–Crippen LogP) is 2.96. The second-order valence-corrected chi connectivity index (χ2v) is 4.36. The SMILES string of the molecule is CCOC(=O)c1cnc(Cl)n1CCc1ccccc1. The summed E-state index contributed by atoms with van der Waals surface area (Å²) < 4.78 is 6.65. The van der Waals surface area contributed by atoms with E-state index in [2.05, 4.69) is 4.98 Å². The number of aryl methyl sites for hydroxylation is 1. The van der Waals surface area contributed by atoms with Crippen LogP contribution in [0.25, 0.3) is 0 Å². The van der Waals surface area contributed by atoms with Gasteiger partial charge in [-0.25, -0.2) is 9.78 Å². The minimum absolute atomic E-state index is 0.305. The molecule has 0 fully saturated rings. The Kier molecular flexibility index (Phi) is 4.58. The van der Waals surface area contributed by atoms with Gasteiger partial charge in [0.05, 0.1) is 12.8 Å².